The Hall–Kier alpha value is -1.49. The monoisotopic (exact) mass is 246 g/mol. The zero-order valence-corrected chi connectivity index (χ0v) is 10.4. The minimum absolute atomic E-state index is 0.234. The smallest absolute Gasteiger partial charge is 0.203 e. The van der Waals surface area contributed by atoms with E-state index in [1.54, 1.807) is 0 Å². The highest BCUT2D eigenvalue weighted by atomic mass is 32.1. The van der Waals surface area contributed by atoms with Crippen LogP contribution in [0, 0.1) is 0 Å². The number of hydrogen-bond acceptors (Lipinski definition) is 5. The first-order valence-electron chi connectivity index (χ1n) is 5.83. The van der Waals surface area contributed by atoms with Gasteiger partial charge >= 0.3 is 0 Å². The van der Waals surface area contributed by atoms with Gasteiger partial charge in [0.15, 0.2) is 0 Å². The predicted molar refractivity (Wildman–Crippen MR) is 68.2 cm³/mol. The van der Waals surface area contributed by atoms with E-state index in [0.717, 1.165) is 11.0 Å². The highest BCUT2D eigenvalue weighted by Gasteiger charge is 2.27. The lowest BCUT2D eigenvalue weighted by atomic mass is 10.1. The quantitative estimate of drug-likeness (QED) is 0.901. The summed E-state index contributed by atoms with van der Waals surface area (Å²) in [5.41, 5.74) is 1.21. The van der Waals surface area contributed by atoms with Gasteiger partial charge in [0.1, 0.15) is 5.82 Å². The Balaban J connectivity index is 1.69. The van der Waals surface area contributed by atoms with Crippen LogP contribution in [0.4, 0.5) is 5.13 Å². The van der Waals surface area contributed by atoms with Gasteiger partial charge in [-0.3, -0.25) is 4.98 Å². The zero-order chi connectivity index (χ0) is 11.7. The van der Waals surface area contributed by atoms with Crippen molar-refractivity contribution in [3.8, 4) is 0 Å². The van der Waals surface area contributed by atoms with Crippen LogP contribution in [-0.4, -0.2) is 14.3 Å². The first kappa shape index (κ1) is 10.7. The summed E-state index contributed by atoms with van der Waals surface area (Å²) in [5.74, 6) is 1.64. The van der Waals surface area contributed by atoms with Crippen LogP contribution in [-0.2, 0) is 0 Å². The van der Waals surface area contributed by atoms with E-state index in [1.807, 2.05) is 24.5 Å². The topological polar surface area (TPSA) is 50.7 Å². The maximum Gasteiger partial charge on any atom is 0.203 e. The molecule has 1 fully saturated rings. The van der Waals surface area contributed by atoms with Gasteiger partial charge in [-0.2, -0.15) is 4.37 Å². The first-order chi connectivity index (χ1) is 8.33. The largest absolute Gasteiger partial charge is 0.354 e. The Bertz CT molecular complexity index is 492. The molecule has 0 saturated heterocycles. The number of nitrogens with one attached hydrogen (secondary N) is 1. The van der Waals surface area contributed by atoms with Crippen molar-refractivity contribution >= 4 is 16.7 Å². The molecular formula is C12H14N4S. The average molecular weight is 246 g/mol. The SMILES string of the molecule is CC(Nc1nc(C2CC2)ns1)c1ccncc1. The summed E-state index contributed by atoms with van der Waals surface area (Å²) >= 11 is 1.45. The summed E-state index contributed by atoms with van der Waals surface area (Å²) in [6.45, 7) is 2.12. The summed E-state index contributed by atoms with van der Waals surface area (Å²) in [4.78, 5) is 8.54. The minimum atomic E-state index is 0.234. The van der Waals surface area contributed by atoms with Gasteiger partial charge in [0.25, 0.3) is 0 Å². The molecule has 2 aromatic heterocycles. The number of nitrogens with zero attached hydrogens (tertiary/aromatic N) is 3. The summed E-state index contributed by atoms with van der Waals surface area (Å²) in [6.07, 6.45) is 6.11. The van der Waals surface area contributed by atoms with Gasteiger partial charge in [0.2, 0.25) is 5.13 Å². The summed E-state index contributed by atoms with van der Waals surface area (Å²) in [6, 6.07) is 4.26. The summed E-state index contributed by atoms with van der Waals surface area (Å²) in [7, 11) is 0. The lowest BCUT2D eigenvalue weighted by Crippen LogP contribution is -2.06. The summed E-state index contributed by atoms with van der Waals surface area (Å²) in [5, 5.41) is 4.29. The van der Waals surface area contributed by atoms with Gasteiger partial charge < -0.3 is 5.32 Å². The Morgan fingerprint density at radius 2 is 2.12 bits per heavy atom. The second kappa shape index (κ2) is 4.41. The van der Waals surface area contributed by atoms with Crippen molar-refractivity contribution < 1.29 is 0 Å². The average Bonchev–Trinajstić information content (AvgIpc) is 3.12. The van der Waals surface area contributed by atoms with E-state index in [9.17, 15) is 0 Å². The third-order valence-corrected chi connectivity index (χ3v) is 3.59. The highest BCUT2D eigenvalue weighted by Crippen LogP contribution is 2.39. The fraction of sp³-hybridized carbons (Fsp3) is 0.417. The molecule has 5 heteroatoms. The molecule has 1 aliphatic carbocycles. The lowest BCUT2D eigenvalue weighted by molar-refractivity contribution is 0.872. The molecule has 0 aromatic carbocycles. The molecule has 2 aromatic rings. The lowest BCUT2D eigenvalue weighted by Gasteiger charge is -2.11. The van der Waals surface area contributed by atoms with E-state index in [1.165, 1.54) is 29.9 Å². The third kappa shape index (κ3) is 2.44. The molecule has 0 amide bonds. The van der Waals surface area contributed by atoms with Gasteiger partial charge in [-0.25, -0.2) is 4.98 Å². The minimum Gasteiger partial charge on any atom is -0.354 e. The standard InChI is InChI=1S/C12H14N4S/c1-8(9-4-6-13-7-5-9)14-12-15-11(16-17-12)10-2-3-10/h4-8,10H,2-3H2,1H3,(H,14,15,16). The molecule has 4 nitrogen and oxygen atoms in total. The first-order valence-corrected chi connectivity index (χ1v) is 6.60. The number of anilines is 1. The van der Waals surface area contributed by atoms with E-state index >= 15 is 0 Å². The molecule has 0 bridgehead atoms. The normalized spacial score (nSPS) is 16.8. The Labute approximate surface area is 104 Å². The molecule has 1 atom stereocenters. The molecular weight excluding hydrogens is 232 g/mol. The van der Waals surface area contributed by atoms with Crippen LogP contribution in [0.25, 0.3) is 0 Å². The van der Waals surface area contributed by atoms with Crippen molar-refractivity contribution in [2.24, 2.45) is 0 Å². The van der Waals surface area contributed by atoms with Crippen molar-refractivity contribution in [3.63, 3.8) is 0 Å². The molecule has 0 aliphatic heterocycles. The van der Waals surface area contributed by atoms with Crippen LogP contribution in [0.5, 0.6) is 0 Å². The number of rotatable bonds is 4. The van der Waals surface area contributed by atoms with Gasteiger partial charge in [-0.15, -0.1) is 0 Å². The van der Waals surface area contributed by atoms with Gasteiger partial charge in [-0.1, -0.05) is 0 Å². The molecule has 3 rings (SSSR count). The molecule has 1 N–H and O–H groups in total. The maximum atomic E-state index is 4.52. The van der Waals surface area contributed by atoms with Crippen LogP contribution >= 0.6 is 11.5 Å². The molecule has 1 saturated carbocycles. The Morgan fingerprint density at radius 3 is 2.82 bits per heavy atom. The molecule has 1 aliphatic rings. The predicted octanol–water partition coefficient (Wildman–Crippen LogP) is 2.98. The van der Waals surface area contributed by atoms with Gasteiger partial charge in [-0.05, 0) is 37.5 Å². The van der Waals surface area contributed by atoms with Crippen LogP contribution in [0.2, 0.25) is 0 Å². The fourth-order valence-electron chi connectivity index (χ4n) is 1.72. The Kier molecular flexibility index (Phi) is 2.76. The molecule has 88 valence electrons. The van der Waals surface area contributed by atoms with E-state index < -0.39 is 0 Å². The third-order valence-electron chi connectivity index (χ3n) is 2.93. The van der Waals surface area contributed by atoms with Crippen molar-refractivity contribution in [3.05, 3.63) is 35.9 Å². The molecule has 0 radical (unpaired) electrons. The maximum absolute atomic E-state index is 4.52. The van der Waals surface area contributed by atoms with Crippen LogP contribution < -0.4 is 5.32 Å². The Morgan fingerprint density at radius 1 is 1.35 bits per heavy atom. The van der Waals surface area contributed by atoms with Crippen LogP contribution in [0.15, 0.2) is 24.5 Å². The number of aromatic nitrogens is 3. The zero-order valence-electron chi connectivity index (χ0n) is 9.63. The van der Waals surface area contributed by atoms with Crippen LogP contribution in [0.1, 0.15) is 43.1 Å². The van der Waals surface area contributed by atoms with Crippen molar-refractivity contribution in [2.45, 2.75) is 31.7 Å². The summed E-state index contributed by atoms with van der Waals surface area (Å²) < 4.78 is 4.38. The second-order valence-corrected chi connectivity index (χ2v) is 5.13. The van der Waals surface area contributed by atoms with Crippen molar-refractivity contribution in [2.75, 3.05) is 5.32 Å². The molecule has 17 heavy (non-hydrogen) atoms. The van der Waals surface area contributed by atoms with E-state index in [4.69, 9.17) is 0 Å². The van der Waals surface area contributed by atoms with Crippen LogP contribution in [0.3, 0.4) is 0 Å². The van der Waals surface area contributed by atoms with Gasteiger partial charge in [0, 0.05) is 29.8 Å². The molecule has 0 spiro atoms. The van der Waals surface area contributed by atoms with Gasteiger partial charge in [0.05, 0.1) is 6.04 Å². The highest BCUT2D eigenvalue weighted by molar-refractivity contribution is 7.09. The fourth-order valence-corrected chi connectivity index (χ4v) is 2.46. The van der Waals surface area contributed by atoms with Crippen molar-refractivity contribution in [1.29, 1.82) is 0 Å². The van der Waals surface area contributed by atoms with E-state index in [-0.39, 0.29) is 6.04 Å². The number of hydrogen-bond donors (Lipinski definition) is 1. The number of pyridine rings is 1. The van der Waals surface area contributed by atoms with E-state index in [2.05, 4.69) is 26.6 Å². The second-order valence-electron chi connectivity index (χ2n) is 4.38. The van der Waals surface area contributed by atoms with E-state index in [0.29, 0.717) is 5.92 Å². The molecule has 1 unspecified atom stereocenters. The molecule has 2 heterocycles. The van der Waals surface area contributed by atoms with Crippen molar-refractivity contribution in [1.82, 2.24) is 14.3 Å².